The Morgan fingerprint density at radius 1 is 1.07 bits per heavy atom. The van der Waals surface area contributed by atoms with E-state index in [2.05, 4.69) is 5.32 Å². The highest BCUT2D eigenvalue weighted by molar-refractivity contribution is 7.88. The van der Waals surface area contributed by atoms with Crippen molar-refractivity contribution in [3.8, 4) is 5.75 Å². The van der Waals surface area contributed by atoms with Crippen LogP contribution in [0.5, 0.6) is 5.75 Å². The van der Waals surface area contributed by atoms with E-state index in [1.54, 1.807) is 48.5 Å². The molecule has 1 heterocycles. The maximum absolute atomic E-state index is 12.7. The Labute approximate surface area is 187 Å². The fourth-order valence-electron chi connectivity index (χ4n) is 3.34. The molecular weight excluding hydrogens is 447 g/mol. The van der Waals surface area contributed by atoms with E-state index in [4.69, 9.17) is 27.9 Å². The number of piperidine rings is 1. The van der Waals surface area contributed by atoms with Crippen molar-refractivity contribution in [3.63, 3.8) is 0 Å². The molecule has 1 N–H and O–H groups in total. The van der Waals surface area contributed by atoms with Gasteiger partial charge in [-0.1, -0.05) is 35.3 Å². The summed E-state index contributed by atoms with van der Waals surface area (Å²) >= 11 is 11.8. The van der Waals surface area contributed by atoms with Crippen LogP contribution in [0.2, 0.25) is 10.0 Å². The maximum atomic E-state index is 12.7. The van der Waals surface area contributed by atoms with Crippen LogP contribution in [-0.2, 0) is 20.6 Å². The minimum absolute atomic E-state index is 0.0680. The Hall–Kier alpha value is -1.80. The van der Waals surface area contributed by atoms with Crippen molar-refractivity contribution in [3.05, 3.63) is 64.1 Å². The van der Waals surface area contributed by atoms with Crippen LogP contribution in [0.4, 0.5) is 0 Å². The number of hydrogen-bond donors (Lipinski definition) is 1. The van der Waals surface area contributed by atoms with E-state index >= 15 is 0 Å². The Kier molecular flexibility index (Phi) is 7.99. The molecule has 1 amide bonds. The molecule has 30 heavy (non-hydrogen) atoms. The first-order valence-electron chi connectivity index (χ1n) is 9.72. The van der Waals surface area contributed by atoms with Gasteiger partial charge < -0.3 is 10.1 Å². The van der Waals surface area contributed by atoms with Crippen LogP contribution >= 0.6 is 23.2 Å². The van der Waals surface area contributed by atoms with Crippen LogP contribution in [0.1, 0.15) is 18.4 Å². The Morgan fingerprint density at radius 2 is 1.77 bits per heavy atom. The van der Waals surface area contributed by atoms with Crippen molar-refractivity contribution in [2.24, 2.45) is 5.92 Å². The van der Waals surface area contributed by atoms with Crippen LogP contribution in [0.15, 0.2) is 48.5 Å². The third-order valence-electron chi connectivity index (χ3n) is 4.94. The van der Waals surface area contributed by atoms with Crippen molar-refractivity contribution in [1.82, 2.24) is 9.62 Å². The minimum atomic E-state index is -3.44. The summed E-state index contributed by atoms with van der Waals surface area (Å²) in [6, 6.07) is 13.9. The summed E-state index contributed by atoms with van der Waals surface area (Å²) in [6.07, 6.45) is 0.997. The molecule has 9 heteroatoms. The molecule has 0 unspecified atom stereocenters. The molecule has 0 aliphatic carbocycles. The highest BCUT2D eigenvalue weighted by atomic mass is 35.5. The lowest BCUT2D eigenvalue weighted by atomic mass is 9.97. The number of ether oxygens (including phenoxy) is 1. The number of hydrogen-bond acceptors (Lipinski definition) is 4. The van der Waals surface area contributed by atoms with Crippen LogP contribution < -0.4 is 10.1 Å². The first-order valence-corrected chi connectivity index (χ1v) is 12.1. The quantitative estimate of drug-likeness (QED) is 0.596. The van der Waals surface area contributed by atoms with Crippen molar-refractivity contribution in [2.45, 2.75) is 18.6 Å². The zero-order valence-corrected chi connectivity index (χ0v) is 18.7. The molecule has 0 bridgehead atoms. The van der Waals surface area contributed by atoms with E-state index in [9.17, 15) is 13.2 Å². The number of rotatable bonds is 8. The molecule has 0 aromatic heterocycles. The fraction of sp³-hybridized carbons (Fsp3) is 0.381. The predicted octanol–water partition coefficient (Wildman–Crippen LogP) is 3.73. The lowest BCUT2D eigenvalue weighted by molar-refractivity contribution is -0.126. The molecule has 1 aliphatic rings. The van der Waals surface area contributed by atoms with Crippen LogP contribution in [-0.4, -0.2) is 44.9 Å². The standard InChI is InChI=1S/C21H24Cl2N2O4S/c22-18-4-6-20(7-5-18)29-13-10-24-21(26)17-8-11-25(12-9-17)30(27,28)15-16-2-1-3-19(23)14-16/h1-7,14,17H,8-13,15H2,(H,24,26). The molecule has 1 saturated heterocycles. The third kappa shape index (κ3) is 6.60. The molecule has 0 radical (unpaired) electrons. The predicted molar refractivity (Wildman–Crippen MR) is 118 cm³/mol. The first-order chi connectivity index (χ1) is 14.3. The number of amides is 1. The van der Waals surface area contributed by atoms with E-state index < -0.39 is 10.0 Å². The molecule has 2 aromatic carbocycles. The van der Waals surface area contributed by atoms with Crippen LogP contribution in [0.3, 0.4) is 0 Å². The molecule has 1 fully saturated rings. The number of nitrogens with zero attached hydrogens (tertiary/aromatic N) is 1. The number of carbonyl (C=O) groups excluding carboxylic acids is 1. The van der Waals surface area contributed by atoms with Gasteiger partial charge in [0, 0.05) is 29.1 Å². The van der Waals surface area contributed by atoms with Gasteiger partial charge in [0.05, 0.1) is 12.3 Å². The van der Waals surface area contributed by atoms with Gasteiger partial charge in [0.25, 0.3) is 0 Å². The Bertz CT molecular complexity index is 959. The Morgan fingerprint density at radius 3 is 2.43 bits per heavy atom. The zero-order chi connectivity index (χ0) is 21.6. The summed E-state index contributed by atoms with van der Waals surface area (Å²) in [7, 11) is -3.44. The zero-order valence-electron chi connectivity index (χ0n) is 16.4. The molecule has 162 valence electrons. The Balaban J connectivity index is 1.40. The van der Waals surface area contributed by atoms with E-state index in [0.717, 1.165) is 0 Å². The third-order valence-corrected chi connectivity index (χ3v) is 7.28. The van der Waals surface area contributed by atoms with E-state index in [1.165, 1.54) is 4.31 Å². The number of halogens is 2. The van der Waals surface area contributed by atoms with E-state index in [1.807, 2.05) is 0 Å². The van der Waals surface area contributed by atoms with Gasteiger partial charge in [-0.2, -0.15) is 0 Å². The van der Waals surface area contributed by atoms with Gasteiger partial charge in [-0.25, -0.2) is 12.7 Å². The van der Waals surface area contributed by atoms with Crippen LogP contribution in [0.25, 0.3) is 0 Å². The molecule has 3 rings (SSSR count). The number of nitrogens with one attached hydrogen (secondary N) is 1. The second-order valence-corrected chi connectivity index (χ2v) is 9.99. The molecule has 2 aromatic rings. The lowest BCUT2D eigenvalue weighted by Gasteiger charge is -2.30. The highest BCUT2D eigenvalue weighted by Crippen LogP contribution is 2.23. The number of carbonyl (C=O) groups is 1. The molecule has 1 aliphatic heterocycles. The highest BCUT2D eigenvalue weighted by Gasteiger charge is 2.31. The second-order valence-electron chi connectivity index (χ2n) is 7.15. The molecule has 0 saturated carbocycles. The largest absolute Gasteiger partial charge is 0.492 e. The van der Waals surface area contributed by atoms with Crippen LogP contribution in [0, 0.1) is 5.92 Å². The van der Waals surface area contributed by atoms with Gasteiger partial charge in [0.2, 0.25) is 15.9 Å². The van der Waals surface area contributed by atoms with Gasteiger partial charge in [-0.15, -0.1) is 0 Å². The van der Waals surface area contributed by atoms with E-state index in [-0.39, 0.29) is 17.6 Å². The molecular formula is C21H24Cl2N2O4S. The molecule has 0 atom stereocenters. The van der Waals surface area contributed by atoms with Gasteiger partial charge in [-0.3, -0.25) is 4.79 Å². The summed E-state index contributed by atoms with van der Waals surface area (Å²) in [6.45, 7) is 1.40. The summed E-state index contributed by atoms with van der Waals surface area (Å²) in [5, 5.41) is 4.01. The monoisotopic (exact) mass is 470 g/mol. The summed E-state index contributed by atoms with van der Waals surface area (Å²) in [4.78, 5) is 12.4. The van der Waals surface area contributed by atoms with Gasteiger partial charge in [0.1, 0.15) is 12.4 Å². The fourth-order valence-corrected chi connectivity index (χ4v) is 5.23. The van der Waals surface area contributed by atoms with Crippen molar-refractivity contribution in [1.29, 1.82) is 0 Å². The van der Waals surface area contributed by atoms with Crippen molar-refractivity contribution < 1.29 is 17.9 Å². The minimum Gasteiger partial charge on any atom is -0.492 e. The topological polar surface area (TPSA) is 75.7 Å². The van der Waals surface area contributed by atoms with Gasteiger partial charge >= 0.3 is 0 Å². The van der Waals surface area contributed by atoms with Crippen molar-refractivity contribution in [2.75, 3.05) is 26.2 Å². The molecule has 0 spiro atoms. The lowest BCUT2D eigenvalue weighted by Crippen LogP contribution is -2.43. The average Bonchev–Trinajstić information content (AvgIpc) is 2.72. The summed E-state index contributed by atoms with van der Waals surface area (Å²) < 4.78 is 32.3. The maximum Gasteiger partial charge on any atom is 0.223 e. The summed E-state index contributed by atoms with van der Waals surface area (Å²) in [5.41, 5.74) is 0.656. The average molecular weight is 471 g/mol. The van der Waals surface area contributed by atoms with Gasteiger partial charge in [-0.05, 0) is 54.8 Å². The summed E-state index contributed by atoms with van der Waals surface area (Å²) in [5.74, 6) is 0.332. The van der Waals surface area contributed by atoms with Crippen molar-refractivity contribution >= 4 is 39.1 Å². The smallest absolute Gasteiger partial charge is 0.223 e. The van der Waals surface area contributed by atoms with Gasteiger partial charge in [0.15, 0.2) is 0 Å². The normalized spacial score (nSPS) is 15.7. The van der Waals surface area contributed by atoms with E-state index in [0.29, 0.717) is 60.4 Å². The second kappa shape index (κ2) is 10.5. The first kappa shape index (κ1) is 22.9. The SMILES string of the molecule is O=C(NCCOc1ccc(Cl)cc1)C1CCN(S(=O)(=O)Cc2cccc(Cl)c2)CC1. The molecule has 6 nitrogen and oxygen atoms in total. The number of benzene rings is 2. The number of sulfonamides is 1.